The minimum absolute atomic E-state index is 0.771. The molecule has 0 aliphatic rings. The van der Waals surface area contributed by atoms with Gasteiger partial charge in [0.2, 0.25) is 0 Å². The van der Waals surface area contributed by atoms with Crippen molar-refractivity contribution in [1.82, 2.24) is 0 Å². The van der Waals surface area contributed by atoms with Crippen LogP contribution < -0.4 is 0 Å². The molecule has 14 heavy (non-hydrogen) atoms. The van der Waals surface area contributed by atoms with E-state index >= 15 is 0 Å². The minimum atomic E-state index is -1.93. The summed E-state index contributed by atoms with van der Waals surface area (Å²) in [5.41, 5.74) is -3.86. The van der Waals surface area contributed by atoms with Crippen molar-refractivity contribution in [2.75, 3.05) is 13.2 Å². The number of hydrogen-bond acceptors (Lipinski definition) is 6. The zero-order chi connectivity index (χ0) is 11.6. The van der Waals surface area contributed by atoms with Crippen LogP contribution in [0.5, 0.6) is 0 Å². The van der Waals surface area contributed by atoms with Crippen molar-refractivity contribution in [3.05, 3.63) is 0 Å². The van der Waals surface area contributed by atoms with E-state index in [1.165, 1.54) is 0 Å². The topological polar surface area (TPSA) is 121 Å². The summed E-state index contributed by atoms with van der Waals surface area (Å²) in [5.74, 6) is 0. The number of rotatable bonds is 5. The third-order valence-corrected chi connectivity index (χ3v) is 2.21. The van der Waals surface area contributed by atoms with E-state index in [-0.39, 0.29) is 0 Å². The van der Waals surface area contributed by atoms with E-state index in [9.17, 15) is 20.4 Å². The highest BCUT2D eigenvalue weighted by Gasteiger charge is 2.43. The standard InChI is InChI=1S/C8H18O6/c1-7(13,3-9)5(11)6(12)8(2,14)4-10/h5-6,9-14H,3-4H2,1-2H3/t5-,6-,7+,8+/m0/s1. The Bertz CT molecular complexity index is 159. The quantitative estimate of drug-likeness (QED) is 0.291. The Morgan fingerprint density at radius 1 is 0.857 bits per heavy atom. The van der Waals surface area contributed by atoms with Gasteiger partial charge in [-0.1, -0.05) is 0 Å². The van der Waals surface area contributed by atoms with E-state index in [1.807, 2.05) is 0 Å². The largest absolute Gasteiger partial charge is 0.393 e. The van der Waals surface area contributed by atoms with Gasteiger partial charge in [-0.2, -0.15) is 0 Å². The van der Waals surface area contributed by atoms with Crippen LogP contribution >= 0.6 is 0 Å². The molecule has 0 aromatic heterocycles. The first-order chi connectivity index (χ1) is 6.19. The Hall–Kier alpha value is -0.240. The average Bonchev–Trinajstić information content (AvgIpc) is 2.15. The summed E-state index contributed by atoms with van der Waals surface area (Å²) in [7, 11) is 0. The van der Waals surface area contributed by atoms with E-state index < -0.39 is 36.6 Å². The average molecular weight is 210 g/mol. The predicted octanol–water partition coefficient (Wildman–Crippen LogP) is -2.81. The first kappa shape index (κ1) is 13.8. The molecular formula is C8H18O6. The molecule has 0 aliphatic heterocycles. The van der Waals surface area contributed by atoms with Crippen molar-refractivity contribution >= 4 is 0 Å². The van der Waals surface area contributed by atoms with Crippen LogP contribution in [0.1, 0.15) is 13.8 Å². The third-order valence-electron chi connectivity index (χ3n) is 2.21. The fourth-order valence-corrected chi connectivity index (χ4v) is 0.867. The molecule has 0 aromatic rings. The molecule has 4 atom stereocenters. The highest BCUT2D eigenvalue weighted by molar-refractivity contribution is 4.94. The van der Waals surface area contributed by atoms with Gasteiger partial charge in [0, 0.05) is 0 Å². The second-order valence-corrected chi connectivity index (χ2v) is 3.92. The molecule has 6 nitrogen and oxygen atoms in total. The van der Waals surface area contributed by atoms with Gasteiger partial charge in [-0.3, -0.25) is 0 Å². The Labute approximate surface area is 82.1 Å². The van der Waals surface area contributed by atoms with Crippen LogP contribution in [0, 0.1) is 0 Å². The van der Waals surface area contributed by atoms with E-state index in [2.05, 4.69) is 0 Å². The van der Waals surface area contributed by atoms with Crippen LogP contribution in [0.2, 0.25) is 0 Å². The molecule has 0 saturated carbocycles. The van der Waals surface area contributed by atoms with Gasteiger partial charge in [0.1, 0.15) is 23.4 Å². The lowest BCUT2D eigenvalue weighted by molar-refractivity contribution is -0.193. The van der Waals surface area contributed by atoms with Crippen molar-refractivity contribution in [2.45, 2.75) is 37.3 Å². The second-order valence-electron chi connectivity index (χ2n) is 3.92. The van der Waals surface area contributed by atoms with Gasteiger partial charge in [-0.25, -0.2) is 0 Å². The zero-order valence-electron chi connectivity index (χ0n) is 8.25. The summed E-state index contributed by atoms with van der Waals surface area (Å²) in [4.78, 5) is 0. The minimum Gasteiger partial charge on any atom is -0.393 e. The molecule has 0 aromatic carbocycles. The lowest BCUT2D eigenvalue weighted by atomic mass is 9.86. The number of aliphatic hydroxyl groups excluding tert-OH is 4. The summed E-state index contributed by atoms with van der Waals surface area (Å²) in [6, 6.07) is 0. The Kier molecular flexibility index (Phi) is 4.44. The Morgan fingerprint density at radius 2 is 1.07 bits per heavy atom. The van der Waals surface area contributed by atoms with Gasteiger partial charge in [-0.15, -0.1) is 0 Å². The molecule has 0 saturated heterocycles. The zero-order valence-corrected chi connectivity index (χ0v) is 8.25. The molecule has 6 heteroatoms. The molecular weight excluding hydrogens is 192 g/mol. The van der Waals surface area contributed by atoms with Crippen molar-refractivity contribution in [2.24, 2.45) is 0 Å². The fraction of sp³-hybridized carbons (Fsp3) is 1.00. The molecule has 0 amide bonds. The first-order valence-electron chi connectivity index (χ1n) is 4.21. The van der Waals surface area contributed by atoms with Crippen molar-refractivity contribution in [3.63, 3.8) is 0 Å². The van der Waals surface area contributed by atoms with Crippen LogP contribution in [-0.2, 0) is 0 Å². The normalized spacial score (nSPS) is 24.9. The monoisotopic (exact) mass is 210 g/mol. The van der Waals surface area contributed by atoms with E-state index in [1.54, 1.807) is 0 Å². The molecule has 0 heterocycles. The smallest absolute Gasteiger partial charge is 0.113 e. The molecule has 0 unspecified atom stereocenters. The van der Waals surface area contributed by atoms with Crippen molar-refractivity contribution in [1.29, 1.82) is 0 Å². The highest BCUT2D eigenvalue weighted by Crippen LogP contribution is 2.20. The van der Waals surface area contributed by atoms with Gasteiger partial charge >= 0.3 is 0 Å². The number of aliphatic hydroxyl groups is 6. The maximum absolute atomic E-state index is 9.38. The number of hydrogen-bond donors (Lipinski definition) is 6. The maximum atomic E-state index is 9.38. The van der Waals surface area contributed by atoms with Gasteiger partial charge in [-0.05, 0) is 13.8 Å². The summed E-state index contributed by atoms with van der Waals surface area (Å²) in [6.07, 6.45) is -3.51. The highest BCUT2D eigenvalue weighted by atomic mass is 16.4. The second kappa shape index (κ2) is 4.52. The van der Waals surface area contributed by atoms with Crippen LogP contribution in [0.25, 0.3) is 0 Å². The molecule has 0 rings (SSSR count). The first-order valence-corrected chi connectivity index (χ1v) is 4.21. The fourth-order valence-electron chi connectivity index (χ4n) is 0.867. The van der Waals surface area contributed by atoms with E-state index in [4.69, 9.17) is 10.2 Å². The predicted molar refractivity (Wildman–Crippen MR) is 47.4 cm³/mol. The lowest BCUT2D eigenvalue weighted by Crippen LogP contribution is -2.58. The van der Waals surface area contributed by atoms with Gasteiger partial charge < -0.3 is 30.6 Å². The van der Waals surface area contributed by atoms with Crippen LogP contribution in [0.3, 0.4) is 0 Å². The third kappa shape index (κ3) is 2.88. The summed E-state index contributed by atoms with van der Waals surface area (Å²) in [5, 5.41) is 54.9. The summed E-state index contributed by atoms with van der Waals surface area (Å²) >= 11 is 0. The summed E-state index contributed by atoms with van der Waals surface area (Å²) in [6.45, 7) is 0.669. The lowest BCUT2D eigenvalue weighted by Gasteiger charge is -2.36. The summed E-state index contributed by atoms with van der Waals surface area (Å²) < 4.78 is 0. The van der Waals surface area contributed by atoms with Gasteiger partial charge in [0.25, 0.3) is 0 Å². The van der Waals surface area contributed by atoms with Gasteiger partial charge in [0.15, 0.2) is 0 Å². The van der Waals surface area contributed by atoms with Crippen molar-refractivity contribution < 1.29 is 30.6 Å². The molecule has 0 bridgehead atoms. The Balaban J connectivity index is 4.62. The maximum Gasteiger partial charge on any atom is 0.113 e. The van der Waals surface area contributed by atoms with Crippen LogP contribution in [0.4, 0.5) is 0 Å². The molecule has 0 aliphatic carbocycles. The Morgan fingerprint density at radius 3 is 1.21 bits per heavy atom. The van der Waals surface area contributed by atoms with Gasteiger partial charge in [0.05, 0.1) is 13.2 Å². The van der Waals surface area contributed by atoms with Crippen LogP contribution in [-0.4, -0.2) is 67.3 Å². The molecule has 6 N–H and O–H groups in total. The van der Waals surface area contributed by atoms with E-state index in [0.717, 1.165) is 13.8 Å². The van der Waals surface area contributed by atoms with E-state index in [0.29, 0.717) is 0 Å². The molecule has 0 fully saturated rings. The SMILES string of the molecule is C[C@@](O)(CO)[C@@H](O)[C@H](O)[C@](C)(O)CO. The van der Waals surface area contributed by atoms with Crippen molar-refractivity contribution in [3.8, 4) is 0 Å². The molecule has 0 spiro atoms. The molecule has 86 valence electrons. The van der Waals surface area contributed by atoms with Crippen LogP contribution in [0.15, 0.2) is 0 Å². The molecule has 0 radical (unpaired) electrons.